The largest absolute Gasteiger partial charge is 0.343 e. The van der Waals surface area contributed by atoms with E-state index in [2.05, 4.69) is 4.98 Å². The van der Waals surface area contributed by atoms with E-state index in [0.717, 1.165) is 11.1 Å². The third-order valence-corrected chi connectivity index (χ3v) is 4.06. The van der Waals surface area contributed by atoms with E-state index >= 15 is 0 Å². The SMILES string of the molecule is CCN(CC)C(=O)C(Cc1cccnc1)c1ccc(Cl)cc1. The van der Waals surface area contributed by atoms with Crippen LogP contribution in [-0.2, 0) is 11.2 Å². The van der Waals surface area contributed by atoms with Crippen LogP contribution in [0.2, 0.25) is 5.02 Å². The number of amides is 1. The lowest BCUT2D eigenvalue weighted by atomic mass is 9.91. The highest BCUT2D eigenvalue weighted by Crippen LogP contribution is 2.24. The average molecular weight is 317 g/mol. The summed E-state index contributed by atoms with van der Waals surface area (Å²) in [5.41, 5.74) is 2.05. The summed E-state index contributed by atoms with van der Waals surface area (Å²) in [5, 5.41) is 0.680. The number of benzene rings is 1. The lowest BCUT2D eigenvalue weighted by Gasteiger charge is -2.25. The zero-order chi connectivity index (χ0) is 15.9. The van der Waals surface area contributed by atoms with Gasteiger partial charge in [0, 0.05) is 30.5 Å². The van der Waals surface area contributed by atoms with Crippen molar-refractivity contribution in [2.24, 2.45) is 0 Å². The van der Waals surface area contributed by atoms with E-state index in [1.807, 2.05) is 61.3 Å². The Balaban J connectivity index is 2.31. The number of hydrogen-bond donors (Lipinski definition) is 0. The molecule has 0 bridgehead atoms. The van der Waals surface area contributed by atoms with Crippen LogP contribution in [0.25, 0.3) is 0 Å². The van der Waals surface area contributed by atoms with E-state index in [1.54, 1.807) is 6.20 Å². The number of likely N-dealkylation sites (N-methyl/N-ethyl adjacent to an activating group) is 1. The van der Waals surface area contributed by atoms with E-state index in [1.165, 1.54) is 0 Å². The Bertz CT molecular complexity index is 594. The molecule has 0 spiro atoms. The fraction of sp³-hybridized carbons (Fsp3) is 0.333. The summed E-state index contributed by atoms with van der Waals surface area (Å²) in [6.45, 7) is 5.44. The topological polar surface area (TPSA) is 33.2 Å². The third-order valence-electron chi connectivity index (χ3n) is 3.81. The van der Waals surface area contributed by atoms with E-state index < -0.39 is 0 Å². The average Bonchev–Trinajstić information content (AvgIpc) is 2.55. The Morgan fingerprint density at radius 2 is 1.86 bits per heavy atom. The van der Waals surface area contributed by atoms with Gasteiger partial charge in [-0.05, 0) is 49.6 Å². The molecule has 0 saturated heterocycles. The van der Waals surface area contributed by atoms with Crippen LogP contribution in [0.1, 0.15) is 30.9 Å². The molecule has 2 rings (SSSR count). The molecular formula is C18H21ClN2O. The number of rotatable bonds is 6. The quantitative estimate of drug-likeness (QED) is 0.809. The molecule has 0 aliphatic heterocycles. The zero-order valence-electron chi connectivity index (χ0n) is 13.0. The van der Waals surface area contributed by atoms with Crippen LogP contribution in [0, 0.1) is 0 Å². The number of aromatic nitrogens is 1. The predicted octanol–water partition coefficient (Wildman–Crippen LogP) is 3.93. The molecule has 2 aromatic rings. The lowest BCUT2D eigenvalue weighted by Crippen LogP contribution is -2.35. The molecule has 0 aliphatic rings. The van der Waals surface area contributed by atoms with Gasteiger partial charge in [-0.3, -0.25) is 9.78 Å². The number of carbonyl (C=O) groups is 1. The molecule has 0 radical (unpaired) electrons. The second kappa shape index (κ2) is 7.95. The van der Waals surface area contributed by atoms with Gasteiger partial charge in [-0.15, -0.1) is 0 Å². The van der Waals surface area contributed by atoms with Crippen molar-refractivity contribution in [1.82, 2.24) is 9.88 Å². The van der Waals surface area contributed by atoms with Crippen molar-refractivity contribution in [3.05, 3.63) is 64.9 Å². The second-order valence-electron chi connectivity index (χ2n) is 5.18. The molecule has 0 fully saturated rings. The first-order valence-corrected chi connectivity index (χ1v) is 7.96. The van der Waals surface area contributed by atoms with Gasteiger partial charge >= 0.3 is 0 Å². The summed E-state index contributed by atoms with van der Waals surface area (Å²) < 4.78 is 0. The monoisotopic (exact) mass is 316 g/mol. The Labute approximate surface area is 136 Å². The van der Waals surface area contributed by atoms with Crippen LogP contribution >= 0.6 is 11.6 Å². The van der Waals surface area contributed by atoms with Crippen LogP contribution in [-0.4, -0.2) is 28.9 Å². The molecule has 0 saturated carbocycles. The van der Waals surface area contributed by atoms with E-state index in [0.29, 0.717) is 24.5 Å². The van der Waals surface area contributed by atoms with Crippen LogP contribution < -0.4 is 0 Å². The fourth-order valence-corrected chi connectivity index (χ4v) is 2.68. The molecule has 1 atom stereocenters. The molecule has 1 heterocycles. The maximum atomic E-state index is 12.9. The van der Waals surface area contributed by atoms with E-state index in [-0.39, 0.29) is 11.8 Å². The first-order chi connectivity index (χ1) is 10.7. The molecule has 1 amide bonds. The van der Waals surface area contributed by atoms with Crippen LogP contribution in [0.4, 0.5) is 0 Å². The van der Waals surface area contributed by atoms with Gasteiger partial charge in [0.1, 0.15) is 0 Å². The molecular weight excluding hydrogens is 296 g/mol. The fourth-order valence-electron chi connectivity index (χ4n) is 2.55. The number of pyridine rings is 1. The molecule has 1 aromatic heterocycles. The maximum absolute atomic E-state index is 12.9. The molecule has 22 heavy (non-hydrogen) atoms. The van der Waals surface area contributed by atoms with E-state index in [9.17, 15) is 4.79 Å². The van der Waals surface area contributed by atoms with Gasteiger partial charge in [0.05, 0.1) is 5.92 Å². The highest BCUT2D eigenvalue weighted by molar-refractivity contribution is 6.30. The van der Waals surface area contributed by atoms with Crippen molar-refractivity contribution in [2.45, 2.75) is 26.2 Å². The van der Waals surface area contributed by atoms with Crippen molar-refractivity contribution in [3.8, 4) is 0 Å². The van der Waals surface area contributed by atoms with Crippen molar-refractivity contribution in [2.75, 3.05) is 13.1 Å². The first-order valence-electron chi connectivity index (χ1n) is 7.58. The Kier molecular flexibility index (Phi) is 5.96. The number of nitrogens with zero attached hydrogens (tertiary/aromatic N) is 2. The summed E-state index contributed by atoms with van der Waals surface area (Å²) in [6, 6.07) is 11.4. The summed E-state index contributed by atoms with van der Waals surface area (Å²) in [4.78, 5) is 18.9. The van der Waals surface area contributed by atoms with Crippen molar-refractivity contribution in [3.63, 3.8) is 0 Å². The predicted molar refractivity (Wildman–Crippen MR) is 90.1 cm³/mol. The molecule has 1 aromatic carbocycles. The molecule has 0 aliphatic carbocycles. The summed E-state index contributed by atoms with van der Waals surface area (Å²) in [5.74, 6) is -0.0578. The van der Waals surface area contributed by atoms with Crippen LogP contribution in [0.15, 0.2) is 48.8 Å². The second-order valence-corrected chi connectivity index (χ2v) is 5.62. The van der Waals surface area contributed by atoms with Gasteiger partial charge in [-0.2, -0.15) is 0 Å². The minimum Gasteiger partial charge on any atom is -0.343 e. The number of halogens is 1. The standard InChI is InChI=1S/C18H21ClN2O/c1-3-21(4-2)18(22)17(12-14-6-5-11-20-13-14)15-7-9-16(19)10-8-15/h5-11,13,17H,3-4,12H2,1-2H3. The summed E-state index contributed by atoms with van der Waals surface area (Å²) in [7, 11) is 0. The lowest BCUT2D eigenvalue weighted by molar-refractivity contribution is -0.132. The van der Waals surface area contributed by atoms with Crippen LogP contribution in [0.5, 0.6) is 0 Å². The Morgan fingerprint density at radius 1 is 1.18 bits per heavy atom. The minimum atomic E-state index is -0.207. The minimum absolute atomic E-state index is 0.149. The molecule has 116 valence electrons. The Morgan fingerprint density at radius 3 is 2.41 bits per heavy atom. The zero-order valence-corrected chi connectivity index (χ0v) is 13.8. The van der Waals surface area contributed by atoms with Crippen molar-refractivity contribution in [1.29, 1.82) is 0 Å². The maximum Gasteiger partial charge on any atom is 0.230 e. The molecule has 1 unspecified atom stereocenters. The summed E-state index contributed by atoms with van der Waals surface area (Å²) >= 11 is 5.97. The van der Waals surface area contributed by atoms with Crippen LogP contribution in [0.3, 0.4) is 0 Å². The van der Waals surface area contributed by atoms with Gasteiger partial charge in [-0.1, -0.05) is 29.8 Å². The summed E-state index contributed by atoms with van der Waals surface area (Å²) in [6.07, 6.45) is 4.20. The third kappa shape index (κ3) is 4.08. The Hall–Kier alpha value is -1.87. The van der Waals surface area contributed by atoms with Gasteiger partial charge in [0.15, 0.2) is 0 Å². The van der Waals surface area contributed by atoms with Gasteiger partial charge < -0.3 is 4.90 Å². The molecule has 3 nitrogen and oxygen atoms in total. The van der Waals surface area contributed by atoms with Gasteiger partial charge in [0.2, 0.25) is 5.91 Å². The van der Waals surface area contributed by atoms with Crippen molar-refractivity contribution < 1.29 is 4.79 Å². The highest BCUT2D eigenvalue weighted by Gasteiger charge is 2.24. The first kappa shape index (κ1) is 16.5. The normalized spacial score (nSPS) is 12.0. The van der Waals surface area contributed by atoms with E-state index in [4.69, 9.17) is 11.6 Å². The number of carbonyl (C=O) groups excluding carboxylic acids is 1. The molecule has 4 heteroatoms. The molecule has 0 N–H and O–H groups in total. The smallest absolute Gasteiger partial charge is 0.230 e. The van der Waals surface area contributed by atoms with Gasteiger partial charge in [0.25, 0.3) is 0 Å². The highest BCUT2D eigenvalue weighted by atomic mass is 35.5. The number of hydrogen-bond acceptors (Lipinski definition) is 2. The van der Waals surface area contributed by atoms with Gasteiger partial charge in [-0.25, -0.2) is 0 Å². The van der Waals surface area contributed by atoms with Crippen molar-refractivity contribution >= 4 is 17.5 Å².